The van der Waals surface area contributed by atoms with Gasteiger partial charge in [0.1, 0.15) is 11.2 Å². The molecule has 1 aliphatic heterocycles. The molecule has 0 fully saturated rings. The highest BCUT2D eigenvalue weighted by atomic mass is 16.3. The van der Waals surface area contributed by atoms with E-state index < -0.39 is 0 Å². The van der Waals surface area contributed by atoms with Gasteiger partial charge in [-0.05, 0) is 106 Å². The first-order chi connectivity index (χ1) is 24.2. The lowest BCUT2D eigenvalue weighted by Gasteiger charge is -2.24. The second-order valence-electron chi connectivity index (χ2n) is 12.9. The molecule has 0 unspecified atom stereocenters. The molecule has 10 rings (SSSR count). The fourth-order valence-electron chi connectivity index (χ4n) is 7.77. The summed E-state index contributed by atoms with van der Waals surface area (Å²) in [5.41, 5.74) is 14.4. The minimum atomic E-state index is 0.669. The highest BCUT2D eigenvalue weighted by Gasteiger charge is 2.22. The maximum Gasteiger partial charge on any atom is 0.136 e. The normalized spacial score (nSPS) is 12.7. The summed E-state index contributed by atoms with van der Waals surface area (Å²) in [5, 5.41) is 14.2. The number of anilines is 1. The molecule has 1 aliphatic rings. The number of hydrogen-bond donors (Lipinski definition) is 0. The molecule has 230 valence electrons. The van der Waals surface area contributed by atoms with Crippen molar-refractivity contribution in [2.45, 2.75) is 13.1 Å². The summed E-state index contributed by atoms with van der Waals surface area (Å²) < 4.78 is 8.60. The molecule has 3 heterocycles. The number of nitriles is 1. The van der Waals surface area contributed by atoms with Crippen LogP contribution in [0.5, 0.6) is 0 Å². The van der Waals surface area contributed by atoms with E-state index in [1.807, 2.05) is 24.3 Å². The van der Waals surface area contributed by atoms with Crippen molar-refractivity contribution >= 4 is 49.4 Å². The smallest absolute Gasteiger partial charge is 0.136 e. The van der Waals surface area contributed by atoms with Crippen LogP contribution in [0.3, 0.4) is 0 Å². The van der Waals surface area contributed by atoms with Crippen molar-refractivity contribution in [1.29, 1.82) is 5.26 Å². The molecular weight excluding hydrogens is 599 g/mol. The van der Waals surface area contributed by atoms with Gasteiger partial charge in [0.25, 0.3) is 0 Å². The summed E-state index contributed by atoms with van der Waals surface area (Å²) >= 11 is 0. The monoisotopic (exact) mass is 627 g/mol. The van der Waals surface area contributed by atoms with E-state index in [2.05, 4.69) is 143 Å². The second-order valence-corrected chi connectivity index (χ2v) is 12.9. The van der Waals surface area contributed by atoms with Gasteiger partial charge in [0.05, 0.1) is 22.7 Å². The molecule has 7 aromatic carbocycles. The maximum atomic E-state index is 9.65. The van der Waals surface area contributed by atoms with Crippen LogP contribution >= 0.6 is 0 Å². The first-order valence-corrected chi connectivity index (χ1v) is 16.6. The van der Waals surface area contributed by atoms with Crippen LogP contribution in [0.2, 0.25) is 0 Å². The number of furan rings is 1. The Bertz CT molecular complexity index is 2800. The van der Waals surface area contributed by atoms with Gasteiger partial charge in [0.2, 0.25) is 0 Å². The van der Waals surface area contributed by atoms with Gasteiger partial charge in [-0.25, -0.2) is 0 Å². The van der Waals surface area contributed by atoms with E-state index in [9.17, 15) is 5.26 Å². The molecule has 49 heavy (non-hydrogen) atoms. The van der Waals surface area contributed by atoms with Crippen molar-refractivity contribution in [3.63, 3.8) is 0 Å². The van der Waals surface area contributed by atoms with Crippen LogP contribution in [-0.2, 0) is 13.1 Å². The average molecular weight is 628 g/mol. The van der Waals surface area contributed by atoms with Gasteiger partial charge in [-0.3, -0.25) is 0 Å². The van der Waals surface area contributed by atoms with Gasteiger partial charge in [0, 0.05) is 46.0 Å². The highest BCUT2D eigenvalue weighted by molar-refractivity contribution is 6.10. The Hall–Kier alpha value is -6.57. The standard InChI is InChI=1S/C45H29N3O/c46-26-29-14-21-43-41(22-29)37-10-4-6-12-42(37)48(43)35-18-20-36-33(23-35)28-47(34-8-2-1-3-9-34)27-32-16-15-30(24-40(32)36)31-17-19-39-38-11-5-7-13-44(38)49-45(39)25-31/h1-25H,27-28H2. The van der Waals surface area contributed by atoms with Gasteiger partial charge < -0.3 is 13.9 Å². The zero-order chi connectivity index (χ0) is 32.5. The summed E-state index contributed by atoms with van der Waals surface area (Å²) in [4.78, 5) is 2.47. The second kappa shape index (κ2) is 10.7. The molecule has 9 aromatic rings. The Kier molecular flexibility index (Phi) is 6.03. The molecular formula is C45H29N3O. The van der Waals surface area contributed by atoms with E-state index in [0.29, 0.717) is 5.56 Å². The van der Waals surface area contributed by atoms with Crippen LogP contribution in [-0.4, -0.2) is 4.57 Å². The first-order valence-electron chi connectivity index (χ1n) is 16.6. The van der Waals surface area contributed by atoms with Crippen LogP contribution in [0.4, 0.5) is 5.69 Å². The van der Waals surface area contributed by atoms with Gasteiger partial charge in [0.15, 0.2) is 0 Å². The molecule has 0 spiro atoms. The van der Waals surface area contributed by atoms with E-state index in [-0.39, 0.29) is 0 Å². The highest BCUT2D eigenvalue weighted by Crippen LogP contribution is 2.41. The average Bonchev–Trinajstić information content (AvgIpc) is 3.64. The molecule has 0 radical (unpaired) electrons. The van der Waals surface area contributed by atoms with Crippen molar-refractivity contribution in [2.24, 2.45) is 0 Å². The predicted molar refractivity (Wildman–Crippen MR) is 200 cm³/mol. The molecule has 0 saturated carbocycles. The van der Waals surface area contributed by atoms with E-state index in [0.717, 1.165) is 68.1 Å². The van der Waals surface area contributed by atoms with Crippen LogP contribution in [0.15, 0.2) is 156 Å². The van der Waals surface area contributed by atoms with Crippen molar-refractivity contribution in [3.05, 3.63) is 168 Å². The van der Waals surface area contributed by atoms with E-state index in [1.165, 1.54) is 33.5 Å². The molecule has 4 heteroatoms. The number of hydrogen-bond acceptors (Lipinski definition) is 3. The summed E-state index contributed by atoms with van der Waals surface area (Å²) in [5.74, 6) is 0. The van der Waals surface area contributed by atoms with E-state index in [1.54, 1.807) is 0 Å². The summed E-state index contributed by atoms with van der Waals surface area (Å²) in [6.07, 6.45) is 0. The molecule has 0 N–H and O–H groups in total. The molecule has 0 aliphatic carbocycles. The third kappa shape index (κ3) is 4.37. The van der Waals surface area contributed by atoms with Crippen LogP contribution in [0.1, 0.15) is 16.7 Å². The minimum absolute atomic E-state index is 0.669. The number of nitrogens with zero attached hydrogens (tertiary/aromatic N) is 3. The Morgan fingerprint density at radius 3 is 2.12 bits per heavy atom. The number of rotatable bonds is 3. The zero-order valence-electron chi connectivity index (χ0n) is 26.6. The lowest BCUT2D eigenvalue weighted by molar-refractivity contribution is 0.669. The third-order valence-corrected chi connectivity index (χ3v) is 10.1. The number of fused-ring (bicyclic) bond motifs is 9. The molecule has 0 saturated heterocycles. The van der Waals surface area contributed by atoms with E-state index in [4.69, 9.17) is 4.42 Å². The Balaban J connectivity index is 1.16. The topological polar surface area (TPSA) is 45.1 Å². The van der Waals surface area contributed by atoms with E-state index >= 15 is 0 Å². The SMILES string of the molecule is N#Cc1ccc2c(c1)c1ccccc1n2-c1ccc2c(c1)CN(c1ccccc1)Cc1ccc(-c3ccc4c(c3)oc3ccccc34)cc1-2. The number of benzene rings is 7. The van der Waals surface area contributed by atoms with Crippen molar-refractivity contribution in [1.82, 2.24) is 4.57 Å². The fraction of sp³-hybridized carbons (Fsp3) is 0.0444. The lowest BCUT2D eigenvalue weighted by Crippen LogP contribution is -2.20. The lowest BCUT2D eigenvalue weighted by atomic mass is 9.92. The summed E-state index contributed by atoms with van der Waals surface area (Å²) in [7, 11) is 0. The molecule has 0 amide bonds. The molecule has 2 aromatic heterocycles. The van der Waals surface area contributed by atoms with Crippen LogP contribution in [0, 0.1) is 11.3 Å². The van der Waals surface area contributed by atoms with Gasteiger partial charge >= 0.3 is 0 Å². The molecule has 0 bridgehead atoms. The van der Waals surface area contributed by atoms with Crippen molar-refractivity contribution in [3.8, 4) is 34.0 Å². The molecule has 4 nitrogen and oxygen atoms in total. The Labute approximate surface area is 283 Å². The van der Waals surface area contributed by atoms with Gasteiger partial charge in [-0.15, -0.1) is 0 Å². The number of para-hydroxylation sites is 3. The van der Waals surface area contributed by atoms with Crippen molar-refractivity contribution in [2.75, 3.05) is 4.90 Å². The van der Waals surface area contributed by atoms with Crippen LogP contribution < -0.4 is 4.90 Å². The first kappa shape index (κ1) is 27.5. The quantitative estimate of drug-likeness (QED) is 0.196. The van der Waals surface area contributed by atoms with Gasteiger partial charge in [-0.1, -0.05) is 78.9 Å². The maximum absolute atomic E-state index is 9.65. The van der Waals surface area contributed by atoms with Gasteiger partial charge in [-0.2, -0.15) is 5.26 Å². The minimum Gasteiger partial charge on any atom is -0.456 e. The summed E-state index contributed by atoms with van der Waals surface area (Å²) in [6, 6.07) is 56.1. The Morgan fingerprint density at radius 2 is 1.22 bits per heavy atom. The number of aromatic nitrogens is 1. The summed E-state index contributed by atoms with van der Waals surface area (Å²) in [6.45, 7) is 1.58. The fourth-order valence-corrected chi connectivity index (χ4v) is 7.77. The van der Waals surface area contributed by atoms with Crippen molar-refractivity contribution < 1.29 is 4.42 Å². The molecule has 0 atom stereocenters. The largest absolute Gasteiger partial charge is 0.456 e. The van der Waals surface area contributed by atoms with Crippen LogP contribution in [0.25, 0.3) is 71.7 Å². The third-order valence-electron chi connectivity index (χ3n) is 10.1. The Morgan fingerprint density at radius 1 is 0.490 bits per heavy atom. The zero-order valence-corrected chi connectivity index (χ0v) is 26.6. The predicted octanol–water partition coefficient (Wildman–Crippen LogP) is 11.4.